The highest BCUT2D eigenvalue weighted by molar-refractivity contribution is 5.75. The van der Waals surface area contributed by atoms with Gasteiger partial charge in [-0.15, -0.1) is 0 Å². The van der Waals surface area contributed by atoms with Crippen LogP contribution in [-0.2, 0) is 11.3 Å². The summed E-state index contributed by atoms with van der Waals surface area (Å²) in [6.07, 6.45) is 0.421. The lowest BCUT2D eigenvalue weighted by Gasteiger charge is -2.18. The number of carbonyl (C=O) groups is 1. The fourth-order valence-electron chi connectivity index (χ4n) is 1.38. The number of hydrazine groups is 1. The fraction of sp³-hybridized carbons (Fsp3) is 0.417. The van der Waals surface area contributed by atoms with E-state index in [2.05, 4.69) is 0 Å². The van der Waals surface area contributed by atoms with E-state index < -0.39 is 0 Å². The number of nitrogens with two attached hydrogens (primary N) is 1. The smallest absolute Gasteiger partial charge is 0.237 e. The van der Waals surface area contributed by atoms with Crippen molar-refractivity contribution in [3.05, 3.63) is 29.8 Å². The number of amides is 1. The van der Waals surface area contributed by atoms with Gasteiger partial charge >= 0.3 is 0 Å². The van der Waals surface area contributed by atoms with E-state index in [1.165, 1.54) is 0 Å². The average Bonchev–Trinajstić information content (AvgIpc) is 2.20. The number of nitrogens with zero attached hydrogens (tertiary/aromatic N) is 1. The van der Waals surface area contributed by atoms with E-state index in [1.807, 2.05) is 13.8 Å². The van der Waals surface area contributed by atoms with E-state index in [0.29, 0.717) is 12.0 Å². The largest absolute Gasteiger partial charge is 0.508 e. The second kappa shape index (κ2) is 5.51. The Hall–Kier alpha value is -1.55. The molecule has 0 saturated carbocycles. The molecule has 4 heteroatoms. The molecule has 0 aliphatic carbocycles. The van der Waals surface area contributed by atoms with Gasteiger partial charge in [0.1, 0.15) is 5.75 Å². The molecular formula is C12H18N2O2. The summed E-state index contributed by atoms with van der Waals surface area (Å²) in [6.45, 7) is 4.16. The highest BCUT2D eigenvalue weighted by Gasteiger charge is 2.13. The molecule has 0 fully saturated rings. The van der Waals surface area contributed by atoms with E-state index in [1.54, 1.807) is 24.3 Å². The van der Waals surface area contributed by atoms with E-state index in [-0.39, 0.29) is 24.1 Å². The van der Waals surface area contributed by atoms with Crippen LogP contribution in [0.15, 0.2) is 24.3 Å². The maximum atomic E-state index is 11.6. The highest BCUT2D eigenvalue weighted by atomic mass is 16.3. The second-order valence-electron chi connectivity index (χ2n) is 4.25. The molecule has 0 radical (unpaired) electrons. The molecule has 0 aliphatic heterocycles. The van der Waals surface area contributed by atoms with Crippen LogP contribution in [0.1, 0.15) is 25.8 Å². The Kier molecular flexibility index (Phi) is 4.31. The number of benzene rings is 1. The van der Waals surface area contributed by atoms with Crippen molar-refractivity contribution in [3.8, 4) is 5.75 Å². The molecule has 0 spiro atoms. The van der Waals surface area contributed by atoms with Gasteiger partial charge in [-0.3, -0.25) is 9.80 Å². The molecular weight excluding hydrogens is 204 g/mol. The predicted molar refractivity (Wildman–Crippen MR) is 62.3 cm³/mol. The van der Waals surface area contributed by atoms with E-state index >= 15 is 0 Å². The minimum atomic E-state index is -0.113. The first-order chi connectivity index (χ1) is 7.50. The SMILES string of the molecule is CC(C)CC(=O)N(N)Cc1ccccc1O. The van der Waals surface area contributed by atoms with Crippen LogP contribution >= 0.6 is 0 Å². The third-order valence-corrected chi connectivity index (χ3v) is 2.24. The Morgan fingerprint density at radius 1 is 1.44 bits per heavy atom. The molecule has 1 rings (SSSR count). The van der Waals surface area contributed by atoms with Crippen LogP contribution < -0.4 is 5.84 Å². The Labute approximate surface area is 95.6 Å². The first-order valence-corrected chi connectivity index (χ1v) is 5.32. The fourth-order valence-corrected chi connectivity index (χ4v) is 1.38. The molecule has 3 N–H and O–H groups in total. The number of hydrogen-bond acceptors (Lipinski definition) is 3. The standard InChI is InChI=1S/C12H18N2O2/c1-9(2)7-12(16)14(13)8-10-5-3-4-6-11(10)15/h3-6,9,15H,7-8,13H2,1-2H3. The Morgan fingerprint density at radius 2 is 2.06 bits per heavy atom. The third-order valence-electron chi connectivity index (χ3n) is 2.24. The zero-order valence-electron chi connectivity index (χ0n) is 9.68. The number of aromatic hydroxyl groups is 1. The van der Waals surface area contributed by atoms with Gasteiger partial charge in [0.25, 0.3) is 0 Å². The normalized spacial score (nSPS) is 10.5. The summed E-state index contributed by atoms with van der Waals surface area (Å²) in [6, 6.07) is 6.86. The molecule has 0 unspecified atom stereocenters. The quantitative estimate of drug-likeness (QED) is 0.462. The van der Waals surface area contributed by atoms with Crippen molar-refractivity contribution in [2.24, 2.45) is 11.8 Å². The summed E-state index contributed by atoms with van der Waals surface area (Å²) >= 11 is 0. The van der Waals surface area contributed by atoms with Crippen LogP contribution in [0.5, 0.6) is 5.75 Å². The lowest BCUT2D eigenvalue weighted by molar-refractivity contribution is -0.132. The Balaban J connectivity index is 2.61. The van der Waals surface area contributed by atoms with Gasteiger partial charge in [-0.25, -0.2) is 5.84 Å². The number of phenolic OH excluding ortho intramolecular Hbond substituents is 1. The van der Waals surface area contributed by atoms with Crippen molar-refractivity contribution in [3.63, 3.8) is 0 Å². The average molecular weight is 222 g/mol. The minimum Gasteiger partial charge on any atom is -0.508 e. The van der Waals surface area contributed by atoms with Gasteiger partial charge in [0.15, 0.2) is 0 Å². The van der Waals surface area contributed by atoms with Gasteiger partial charge in [0, 0.05) is 12.0 Å². The minimum absolute atomic E-state index is 0.113. The maximum Gasteiger partial charge on any atom is 0.237 e. The summed E-state index contributed by atoms with van der Waals surface area (Å²) in [4.78, 5) is 11.6. The molecule has 1 aromatic rings. The number of phenols is 1. The predicted octanol–water partition coefficient (Wildman–Crippen LogP) is 1.64. The first-order valence-electron chi connectivity index (χ1n) is 5.32. The van der Waals surface area contributed by atoms with Crippen molar-refractivity contribution < 1.29 is 9.90 Å². The summed E-state index contributed by atoms with van der Waals surface area (Å²) < 4.78 is 0. The van der Waals surface area contributed by atoms with E-state index in [4.69, 9.17) is 5.84 Å². The van der Waals surface area contributed by atoms with Crippen LogP contribution in [0.2, 0.25) is 0 Å². The molecule has 0 heterocycles. The van der Waals surface area contributed by atoms with Crippen molar-refractivity contribution in [2.45, 2.75) is 26.8 Å². The van der Waals surface area contributed by atoms with Crippen molar-refractivity contribution in [2.75, 3.05) is 0 Å². The summed E-state index contributed by atoms with van der Waals surface area (Å²) in [7, 11) is 0. The summed E-state index contributed by atoms with van der Waals surface area (Å²) in [5, 5.41) is 10.7. The van der Waals surface area contributed by atoms with Gasteiger partial charge in [0.2, 0.25) is 5.91 Å². The second-order valence-corrected chi connectivity index (χ2v) is 4.25. The van der Waals surface area contributed by atoms with E-state index in [0.717, 1.165) is 5.01 Å². The van der Waals surface area contributed by atoms with Crippen LogP contribution in [0.4, 0.5) is 0 Å². The lowest BCUT2D eigenvalue weighted by Crippen LogP contribution is -2.37. The van der Waals surface area contributed by atoms with Crippen LogP contribution in [0.3, 0.4) is 0 Å². The molecule has 0 atom stereocenters. The number of hydrogen-bond donors (Lipinski definition) is 2. The summed E-state index contributed by atoms with van der Waals surface area (Å²) in [5.74, 6) is 5.97. The molecule has 0 aromatic heterocycles. The third kappa shape index (κ3) is 3.55. The van der Waals surface area contributed by atoms with Crippen molar-refractivity contribution in [1.82, 2.24) is 5.01 Å². The maximum absolute atomic E-state index is 11.6. The Bertz CT molecular complexity index is 364. The van der Waals surface area contributed by atoms with Gasteiger partial charge in [-0.1, -0.05) is 32.0 Å². The molecule has 0 bridgehead atoms. The van der Waals surface area contributed by atoms with Crippen LogP contribution in [-0.4, -0.2) is 16.0 Å². The zero-order valence-corrected chi connectivity index (χ0v) is 9.68. The van der Waals surface area contributed by atoms with Gasteiger partial charge < -0.3 is 5.11 Å². The monoisotopic (exact) mass is 222 g/mol. The van der Waals surface area contributed by atoms with Crippen molar-refractivity contribution >= 4 is 5.91 Å². The molecule has 88 valence electrons. The zero-order chi connectivity index (χ0) is 12.1. The topological polar surface area (TPSA) is 66.6 Å². The molecule has 1 amide bonds. The van der Waals surface area contributed by atoms with Gasteiger partial charge in [0.05, 0.1) is 6.54 Å². The number of carbonyl (C=O) groups excluding carboxylic acids is 1. The molecule has 4 nitrogen and oxygen atoms in total. The van der Waals surface area contributed by atoms with E-state index in [9.17, 15) is 9.90 Å². The van der Waals surface area contributed by atoms with Crippen LogP contribution in [0, 0.1) is 5.92 Å². The van der Waals surface area contributed by atoms with Gasteiger partial charge in [-0.2, -0.15) is 0 Å². The lowest BCUT2D eigenvalue weighted by atomic mass is 10.1. The first kappa shape index (κ1) is 12.5. The Morgan fingerprint density at radius 3 is 2.62 bits per heavy atom. The molecule has 1 aromatic carbocycles. The highest BCUT2D eigenvalue weighted by Crippen LogP contribution is 2.17. The molecule has 0 aliphatic rings. The van der Waals surface area contributed by atoms with Gasteiger partial charge in [-0.05, 0) is 12.0 Å². The van der Waals surface area contributed by atoms with Crippen molar-refractivity contribution in [1.29, 1.82) is 0 Å². The summed E-state index contributed by atoms with van der Waals surface area (Å²) in [5.41, 5.74) is 0.655. The van der Waals surface area contributed by atoms with Crippen LogP contribution in [0.25, 0.3) is 0 Å². The molecule has 0 saturated heterocycles. The molecule has 16 heavy (non-hydrogen) atoms. The number of rotatable bonds is 4. The number of para-hydroxylation sites is 1.